The van der Waals surface area contributed by atoms with Gasteiger partial charge in [-0.05, 0) is 38.2 Å². The highest BCUT2D eigenvalue weighted by Crippen LogP contribution is 2.27. The van der Waals surface area contributed by atoms with Gasteiger partial charge in [-0.1, -0.05) is 24.3 Å². The Morgan fingerprint density at radius 2 is 1.96 bits per heavy atom. The van der Waals surface area contributed by atoms with E-state index in [1.54, 1.807) is 0 Å². The van der Waals surface area contributed by atoms with Crippen LogP contribution in [0.25, 0.3) is 11.4 Å². The average molecular weight is 306 g/mol. The first-order valence-corrected chi connectivity index (χ1v) is 7.89. The van der Waals surface area contributed by atoms with Crippen LogP contribution in [-0.2, 0) is 12.8 Å². The van der Waals surface area contributed by atoms with E-state index in [-0.39, 0.29) is 0 Å². The second kappa shape index (κ2) is 5.79. The summed E-state index contributed by atoms with van der Waals surface area (Å²) in [6, 6.07) is 8.07. The van der Waals surface area contributed by atoms with Gasteiger partial charge in [0.2, 0.25) is 5.95 Å². The number of anilines is 2. The molecule has 3 aromatic rings. The van der Waals surface area contributed by atoms with Gasteiger partial charge in [0.15, 0.2) is 11.6 Å². The molecule has 1 aliphatic rings. The summed E-state index contributed by atoms with van der Waals surface area (Å²) < 4.78 is 0. The molecule has 2 heterocycles. The number of nitrogens with zero attached hydrogens (tertiary/aromatic N) is 4. The zero-order chi connectivity index (χ0) is 15.6. The number of fused-ring (bicyclic) bond motifs is 1. The fourth-order valence-corrected chi connectivity index (χ4v) is 3.00. The van der Waals surface area contributed by atoms with Gasteiger partial charge in [-0.25, -0.2) is 9.97 Å². The van der Waals surface area contributed by atoms with Crippen LogP contribution in [0.5, 0.6) is 0 Å². The molecule has 1 aliphatic carbocycles. The Morgan fingerprint density at radius 1 is 1.09 bits per heavy atom. The first kappa shape index (κ1) is 13.9. The molecule has 0 saturated heterocycles. The largest absolute Gasteiger partial charge is 0.307 e. The minimum atomic E-state index is 0.526. The minimum Gasteiger partial charge on any atom is -0.307 e. The Balaban J connectivity index is 1.65. The lowest BCUT2D eigenvalue weighted by molar-refractivity contribution is 0.675. The number of rotatable bonds is 3. The fraction of sp³-hybridized carbons (Fsp3) is 0.294. The third-order valence-corrected chi connectivity index (χ3v) is 4.24. The standard InChI is InChI=1S/C17H18N6/c1-11-6-2-3-7-12(11)15-18-10-19-17(20-15)21-16-13-8-4-5-9-14(13)22-23-16/h2-3,6-7,10H,4-5,8-9H2,1H3,(H2,18,19,20,21,22,23). The molecule has 2 aromatic heterocycles. The highest BCUT2D eigenvalue weighted by Gasteiger charge is 2.17. The summed E-state index contributed by atoms with van der Waals surface area (Å²) in [5, 5.41) is 10.7. The summed E-state index contributed by atoms with van der Waals surface area (Å²) in [5.41, 5.74) is 4.64. The Kier molecular flexibility index (Phi) is 3.49. The molecule has 0 radical (unpaired) electrons. The van der Waals surface area contributed by atoms with Crippen LogP contribution in [0, 0.1) is 6.92 Å². The maximum Gasteiger partial charge on any atom is 0.231 e. The smallest absolute Gasteiger partial charge is 0.231 e. The van der Waals surface area contributed by atoms with Gasteiger partial charge >= 0.3 is 0 Å². The maximum atomic E-state index is 4.54. The molecule has 0 aliphatic heterocycles. The molecule has 0 saturated carbocycles. The average Bonchev–Trinajstić information content (AvgIpc) is 2.99. The molecular formula is C17H18N6. The van der Waals surface area contributed by atoms with Gasteiger partial charge in [-0.3, -0.25) is 5.10 Å². The van der Waals surface area contributed by atoms with Gasteiger partial charge < -0.3 is 5.32 Å². The van der Waals surface area contributed by atoms with Crippen molar-refractivity contribution in [2.24, 2.45) is 0 Å². The van der Waals surface area contributed by atoms with Crippen molar-refractivity contribution in [2.45, 2.75) is 32.6 Å². The molecule has 0 spiro atoms. The van der Waals surface area contributed by atoms with E-state index < -0.39 is 0 Å². The second-order valence-corrected chi connectivity index (χ2v) is 5.81. The van der Waals surface area contributed by atoms with Crippen molar-refractivity contribution in [2.75, 3.05) is 5.32 Å². The van der Waals surface area contributed by atoms with Crippen molar-refractivity contribution in [3.8, 4) is 11.4 Å². The number of aromatic nitrogens is 5. The normalized spacial score (nSPS) is 13.6. The second-order valence-electron chi connectivity index (χ2n) is 5.81. The third-order valence-electron chi connectivity index (χ3n) is 4.24. The van der Waals surface area contributed by atoms with E-state index in [9.17, 15) is 0 Å². The Hall–Kier alpha value is -2.76. The van der Waals surface area contributed by atoms with E-state index >= 15 is 0 Å². The fourth-order valence-electron chi connectivity index (χ4n) is 3.00. The van der Waals surface area contributed by atoms with Gasteiger partial charge in [-0.15, -0.1) is 0 Å². The van der Waals surface area contributed by atoms with Gasteiger partial charge in [0, 0.05) is 16.8 Å². The Bertz CT molecular complexity index is 839. The van der Waals surface area contributed by atoms with Crippen molar-refractivity contribution in [1.29, 1.82) is 0 Å². The van der Waals surface area contributed by atoms with Gasteiger partial charge in [0.25, 0.3) is 0 Å². The van der Waals surface area contributed by atoms with Crippen molar-refractivity contribution < 1.29 is 0 Å². The molecule has 1 aromatic carbocycles. The zero-order valence-corrected chi connectivity index (χ0v) is 13.0. The molecule has 6 nitrogen and oxygen atoms in total. The Labute approximate surface area is 134 Å². The predicted molar refractivity (Wildman–Crippen MR) is 88.5 cm³/mol. The molecule has 6 heteroatoms. The maximum absolute atomic E-state index is 4.54. The molecule has 0 fully saturated rings. The summed E-state index contributed by atoms with van der Waals surface area (Å²) >= 11 is 0. The van der Waals surface area contributed by atoms with Crippen molar-refractivity contribution in [1.82, 2.24) is 25.1 Å². The molecule has 4 rings (SSSR count). The van der Waals surface area contributed by atoms with E-state index in [2.05, 4.69) is 43.5 Å². The molecule has 0 bridgehead atoms. The summed E-state index contributed by atoms with van der Waals surface area (Å²) in [7, 11) is 0. The first-order valence-electron chi connectivity index (χ1n) is 7.89. The summed E-state index contributed by atoms with van der Waals surface area (Å²) in [6.07, 6.45) is 6.07. The van der Waals surface area contributed by atoms with Crippen LogP contribution < -0.4 is 5.32 Å². The van der Waals surface area contributed by atoms with E-state index in [0.717, 1.165) is 29.8 Å². The van der Waals surface area contributed by atoms with Crippen LogP contribution >= 0.6 is 0 Å². The van der Waals surface area contributed by atoms with Crippen LogP contribution in [0.2, 0.25) is 0 Å². The first-order chi connectivity index (χ1) is 11.3. The topological polar surface area (TPSA) is 79.4 Å². The van der Waals surface area contributed by atoms with Crippen LogP contribution in [0.15, 0.2) is 30.6 Å². The third kappa shape index (κ3) is 2.67. The molecular weight excluding hydrogens is 288 g/mol. The van der Waals surface area contributed by atoms with Crippen molar-refractivity contribution in [3.05, 3.63) is 47.4 Å². The van der Waals surface area contributed by atoms with Crippen molar-refractivity contribution >= 4 is 11.8 Å². The van der Waals surface area contributed by atoms with E-state index in [1.807, 2.05) is 18.2 Å². The predicted octanol–water partition coefficient (Wildman–Crippen LogP) is 3.19. The van der Waals surface area contributed by atoms with Crippen LogP contribution in [0.1, 0.15) is 29.7 Å². The van der Waals surface area contributed by atoms with Crippen LogP contribution in [-0.4, -0.2) is 25.1 Å². The quantitative estimate of drug-likeness (QED) is 0.777. The lowest BCUT2D eigenvalue weighted by atomic mass is 9.98. The zero-order valence-electron chi connectivity index (χ0n) is 13.0. The lowest BCUT2D eigenvalue weighted by Gasteiger charge is -2.11. The van der Waals surface area contributed by atoms with Crippen LogP contribution in [0.3, 0.4) is 0 Å². The highest BCUT2D eigenvalue weighted by molar-refractivity contribution is 5.62. The number of nitrogens with one attached hydrogen (secondary N) is 2. The molecule has 0 unspecified atom stereocenters. The molecule has 23 heavy (non-hydrogen) atoms. The lowest BCUT2D eigenvalue weighted by Crippen LogP contribution is -2.05. The summed E-state index contributed by atoms with van der Waals surface area (Å²) in [6.45, 7) is 2.05. The minimum absolute atomic E-state index is 0.526. The number of aromatic amines is 1. The van der Waals surface area contributed by atoms with Gasteiger partial charge in [-0.2, -0.15) is 10.1 Å². The molecule has 0 amide bonds. The Morgan fingerprint density at radius 3 is 2.87 bits per heavy atom. The number of benzene rings is 1. The molecule has 0 atom stereocenters. The number of aryl methyl sites for hydroxylation is 2. The SMILES string of the molecule is Cc1ccccc1-c1ncnc(Nc2n[nH]c3c2CCCC3)n1. The van der Waals surface area contributed by atoms with Crippen molar-refractivity contribution in [3.63, 3.8) is 0 Å². The van der Waals surface area contributed by atoms with Crippen LogP contribution in [0.4, 0.5) is 11.8 Å². The van der Waals surface area contributed by atoms with Gasteiger partial charge in [0.1, 0.15) is 6.33 Å². The number of hydrogen-bond donors (Lipinski definition) is 2. The molecule has 116 valence electrons. The monoisotopic (exact) mass is 306 g/mol. The van der Waals surface area contributed by atoms with E-state index in [0.29, 0.717) is 11.8 Å². The number of H-pyrrole nitrogens is 1. The van der Waals surface area contributed by atoms with E-state index in [1.165, 1.54) is 30.4 Å². The molecule has 2 N–H and O–H groups in total. The summed E-state index contributed by atoms with van der Waals surface area (Å²) in [5.74, 6) is 2.03. The highest BCUT2D eigenvalue weighted by atomic mass is 15.2. The van der Waals surface area contributed by atoms with E-state index in [4.69, 9.17) is 0 Å². The van der Waals surface area contributed by atoms with Gasteiger partial charge in [0.05, 0.1) is 0 Å². The summed E-state index contributed by atoms with van der Waals surface area (Å²) in [4.78, 5) is 13.1. The number of hydrogen-bond acceptors (Lipinski definition) is 5.